The molecular formula is C15H23N3O. The maximum atomic E-state index is 12.6. The molecular weight excluding hydrogens is 238 g/mol. The lowest BCUT2D eigenvalue weighted by Gasteiger charge is -2.28. The van der Waals surface area contributed by atoms with Crippen LogP contribution in [0.5, 0.6) is 0 Å². The number of hydrogen-bond donors (Lipinski definition) is 2. The second-order valence-corrected chi connectivity index (χ2v) is 5.41. The van der Waals surface area contributed by atoms with Crippen molar-refractivity contribution in [1.29, 1.82) is 0 Å². The van der Waals surface area contributed by atoms with Crippen molar-refractivity contribution in [3.8, 4) is 0 Å². The quantitative estimate of drug-likeness (QED) is 0.853. The summed E-state index contributed by atoms with van der Waals surface area (Å²) in [5.41, 5.74) is 0.686. The van der Waals surface area contributed by atoms with E-state index in [1.165, 1.54) is 0 Å². The zero-order valence-electron chi connectivity index (χ0n) is 11.8. The molecule has 4 nitrogen and oxygen atoms in total. The summed E-state index contributed by atoms with van der Waals surface area (Å²) in [6.45, 7) is 5.85. The zero-order chi connectivity index (χ0) is 13.7. The predicted octanol–water partition coefficient (Wildman–Crippen LogP) is 2.04. The van der Waals surface area contributed by atoms with E-state index < -0.39 is 0 Å². The van der Waals surface area contributed by atoms with Crippen LogP contribution >= 0.6 is 0 Å². The van der Waals surface area contributed by atoms with Crippen molar-refractivity contribution in [3.05, 3.63) is 30.1 Å². The van der Waals surface area contributed by atoms with Crippen LogP contribution < -0.4 is 10.6 Å². The molecule has 0 bridgehead atoms. The molecule has 1 aromatic rings. The molecule has 0 spiro atoms. The van der Waals surface area contributed by atoms with Gasteiger partial charge in [-0.1, -0.05) is 19.4 Å². The minimum atomic E-state index is -0.224. The molecule has 1 unspecified atom stereocenters. The third-order valence-corrected chi connectivity index (χ3v) is 3.93. The van der Waals surface area contributed by atoms with E-state index in [1.807, 2.05) is 25.1 Å². The number of carbonyl (C=O) groups excluding carboxylic acids is 1. The van der Waals surface area contributed by atoms with Gasteiger partial charge in [-0.3, -0.25) is 9.78 Å². The number of hydrogen-bond acceptors (Lipinski definition) is 3. The number of carbonyl (C=O) groups is 1. The van der Waals surface area contributed by atoms with E-state index in [9.17, 15) is 4.79 Å². The number of nitrogens with one attached hydrogen (secondary N) is 2. The first-order valence-electron chi connectivity index (χ1n) is 7.10. The number of rotatable bonds is 5. The Kier molecular flexibility index (Phi) is 4.53. The van der Waals surface area contributed by atoms with Gasteiger partial charge in [0.05, 0.1) is 17.2 Å². The average Bonchev–Trinajstić information content (AvgIpc) is 2.90. The maximum Gasteiger partial charge on any atom is 0.228 e. The molecule has 19 heavy (non-hydrogen) atoms. The van der Waals surface area contributed by atoms with Crippen LogP contribution in [-0.2, 0) is 4.79 Å². The Bertz CT molecular complexity index is 413. The largest absolute Gasteiger partial charge is 0.347 e. The summed E-state index contributed by atoms with van der Waals surface area (Å²) < 4.78 is 0. The van der Waals surface area contributed by atoms with Crippen molar-refractivity contribution in [1.82, 2.24) is 15.6 Å². The highest BCUT2D eigenvalue weighted by molar-refractivity contribution is 5.83. The summed E-state index contributed by atoms with van der Waals surface area (Å²) in [6, 6.07) is 5.74. The van der Waals surface area contributed by atoms with Crippen molar-refractivity contribution < 1.29 is 4.79 Å². The summed E-state index contributed by atoms with van der Waals surface area (Å²) in [5.74, 6) is 0.164. The fourth-order valence-electron chi connectivity index (χ4n) is 2.80. The van der Waals surface area contributed by atoms with E-state index in [2.05, 4.69) is 22.5 Å². The molecule has 0 aromatic carbocycles. The van der Waals surface area contributed by atoms with Crippen molar-refractivity contribution >= 4 is 5.91 Å². The van der Waals surface area contributed by atoms with Gasteiger partial charge in [0, 0.05) is 12.7 Å². The molecule has 2 N–H and O–H groups in total. The number of amides is 1. The van der Waals surface area contributed by atoms with Crippen molar-refractivity contribution in [2.45, 2.75) is 39.2 Å². The summed E-state index contributed by atoms with van der Waals surface area (Å²) >= 11 is 0. The summed E-state index contributed by atoms with van der Waals surface area (Å²) in [4.78, 5) is 16.9. The molecule has 1 aliphatic heterocycles. The highest BCUT2D eigenvalue weighted by atomic mass is 16.2. The molecule has 0 saturated carbocycles. The topological polar surface area (TPSA) is 54.0 Å². The SMILES string of the molecule is CCCC1(C(=O)N[C@H](C)c2ccccn2)CCNC1. The minimum absolute atomic E-state index is 0.0389. The van der Waals surface area contributed by atoms with Gasteiger partial charge in [0.25, 0.3) is 0 Å². The van der Waals surface area contributed by atoms with Crippen LogP contribution in [0.1, 0.15) is 44.8 Å². The zero-order valence-corrected chi connectivity index (χ0v) is 11.8. The molecule has 1 fully saturated rings. The fourth-order valence-corrected chi connectivity index (χ4v) is 2.80. The average molecular weight is 261 g/mol. The lowest BCUT2D eigenvalue weighted by atomic mass is 9.81. The summed E-state index contributed by atoms with van der Waals surface area (Å²) in [5, 5.41) is 6.44. The van der Waals surface area contributed by atoms with E-state index >= 15 is 0 Å². The van der Waals surface area contributed by atoms with Gasteiger partial charge < -0.3 is 10.6 Å². The standard InChI is InChI=1S/C15H23N3O/c1-3-7-15(8-10-16-11-15)14(19)18-12(2)13-6-4-5-9-17-13/h4-6,9,12,16H,3,7-8,10-11H2,1-2H3,(H,18,19)/t12-,15?/m1/s1. The molecule has 2 heterocycles. The molecule has 1 aromatic heterocycles. The first-order chi connectivity index (χ1) is 9.18. The Hall–Kier alpha value is -1.42. The van der Waals surface area contributed by atoms with Gasteiger partial charge in [-0.2, -0.15) is 0 Å². The Morgan fingerprint density at radius 3 is 3.00 bits per heavy atom. The molecule has 1 saturated heterocycles. The molecule has 0 aliphatic carbocycles. The van der Waals surface area contributed by atoms with Gasteiger partial charge in [-0.25, -0.2) is 0 Å². The second-order valence-electron chi connectivity index (χ2n) is 5.41. The summed E-state index contributed by atoms with van der Waals surface area (Å²) in [6.07, 6.45) is 4.67. The first kappa shape index (κ1) is 14.0. The Balaban J connectivity index is 2.03. The third kappa shape index (κ3) is 3.13. The Morgan fingerprint density at radius 2 is 2.42 bits per heavy atom. The van der Waals surface area contributed by atoms with Crippen LogP contribution in [0.2, 0.25) is 0 Å². The van der Waals surface area contributed by atoms with E-state index in [-0.39, 0.29) is 17.4 Å². The van der Waals surface area contributed by atoms with Crippen LogP contribution in [0.4, 0.5) is 0 Å². The molecule has 2 atom stereocenters. The Morgan fingerprint density at radius 1 is 1.58 bits per heavy atom. The van der Waals surface area contributed by atoms with Crippen LogP contribution in [-0.4, -0.2) is 24.0 Å². The Labute approximate surface area is 115 Å². The van der Waals surface area contributed by atoms with Gasteiger partial charge in [-0.15, -0.1) is 0 Å². The molecule has 0 radical (unpaired) electrons. The van der Waals surface area contributed by atoms with Crippen molar-refractivity contribution in [3.63, 3.8) is 0 Å². The van der Waals surface area contributed by atoms with E-state index in [1.54, 1.807) is 6.20 Å². The number of nitrogens with zero attached hydrogens (tertiary/aromatic N) is 1. The highest BCUT2D eigenvalue weighted by Crippen LogP contribution is 2.32. The predicted molar refractivity (Wildman–Crippen MR) is 75.6 cm³/mol. The van der Waals surface area contributed by atoms with E-state index in [0.717, 1.165) is 38.0 Å². The summed E-state index contributed by atoms with van der Waals surface area (Å²) in [7, 11) is 0. The first-order valence-corrected chi connectivity index (χ1v) is 7.10. The molecule has 1 amide bonds. The number of pyridine rings is 1. The molecule has 1 aliphatic rings. The van der Waals surface area contributed by atoms with Gasteiger partial charge >= 0.3 is 0 Å². The highest BCUT2D eigenvalue weighted by Gasteiger charge is 2.40. The van der Waals surface area contributed by atoms with E-state index in [0.29, 0.717) is 0 Å². The monoisotopic (exact) mass is 261 g/mol. The molecule has 104 valence electrons. The van der Waals surface area contributed by atoms with Gasteiger partial charge in [0.15, 0.2) is 0 Å². The van der Waals surface area contributed by atoms with E-state index in [4.69, 9.17) is 0 Å². The minimum Gasteiger partial charge on any atom is -0.347 e. The normalized spacial score (nSPS) is 24.1. The van der Waals surface area contributed by atoms with Gasteiger partial charge in [0.1, 0.15) is 0 Å². The van der Waals surface area contributed by atoms with Crippen LogP contribution in [0.15, 0.2) is 24.4 Å². The van der Waals surface area contributed by atoms with Crippen molar-refractivity contribution in [2.24, 2.45) is 5.41 Å². The van der Waals surface area contributed by atoms with Crippen molar-refractivity contribution in [2.75, 3.05) is 13.1 Å². The number of aromatic nitrogens is 1. The van der Waals surface area contributed by atoms with Crippen LogP contribution in [0, 0.1) is 5.41 Å². The van der Waals surface area contributed by atoms with Gasteiger partial charge in [-0.05, 0) is 38.4 Å². The molecule has 4 heteroatoms. The fraction of sp³-hybridized carbons (Fsp3) is 0.600. The molecule has 2 rings (SSSR count). The second kappa shape index (κ2) is 6.15. The smallest absolute Gasteiger partial charge is 0.228 e. The van der Waals surface area contributed by atoms with Crippen LogP contribution in [0.3, 0.4) is 0 Å². The van der Waals surface area contributed by atoms with Crippen LogP contribution in [0.25, 0.3) is 0 Å². The third-order valence-electron chi connectivity index (χ3n) is 3.93. The van der Waals surface area contributed by atoms with Gasteiger partial charge in [0.2, 0.25) is 5.91 Å². The maximum absolute atomic E-state index is 12.6. The lowest BCUT2D eigenvalue weighted by Crippen LogP contribution is -2.43. The lowest BCUT2D eigenvalue weighted by molar-refractivity contribution is -0.131.